The van der Waals surface area contributed by atoms with Crippen LogP contribution < -0.4 is 0 Å². The molecule has 1 rings (SSSR count). The molecule has 0 bridgehead atoms. The molecule has 0 amide bonds. The van der Waals surface area contributed by atoms with E-state index in [0.717, 1.165) is 12.3 Å². The number of pyridine rings is 1. The molecule has 0 aliphatic heterocycles. The number of aliphatic hydroxyl groups is 1. The van der Waals surface area contributed by atoms with E-state index in [1.54, 1.807) is 6.92 Å². The Kier molecular flexibility index (Phi) is 3.10. The van der Waals surface area contributed by atoms with Crippen molar-refractivity contribution in [1.29, 1.82) is 0 Å². The average molecular weight is 205 g/mol. The van der Waals surface area contributed by atoms with Gasteiger partial charge in [0.25, 0.3) is 0 Å². The van der Waals surface area contributed by atoms with Gasteiger partial charge in [-0.05, 0) is 19.1 Å². The van der Waals surface area contributed by atoms with Crippen LogP contribution in [0.2, 0.25) is 0 Å². The maximum atomic E-state index is 12.1. The highest BCUT2D eigenvalue weighted by atomic mass is 19.4. The number of aliphatic hydroxyl groups excluding tert-OH is 1. The summed E-state index contributed by atoms with van der Waals surface area (Å²) < 4.78 is 36.3. The van der Waals surface area contributed by atoms with Crippen molar-refractivity contribution in [1.82, 2.24) is 4.98 Å². The third-order valence-corrected chi connectivity index (χ3v) is 1.66. The van der Waals surface area contributed by atoms with Crippen molar-refractivity contribution >= 4 is 0 Å². The van der Waals surface area contributed by atoms with Crippen LogP contribution in [0.4, 0.5) is 13.2 Å². The van der Waals surface area contributed by atoms with Crippen LogP contribution in [0.25, 0.3) is 0 Å². The van der Waals surface area contributed by atoms with Crippen molar-refractivity contribution in [3.63, 3.8) is 0 Å². The van der Waals surface area contributed by atoms with Crippen LogP contribution in [0.3, 0.4) is 0 Å². The molecule has 0 radical (unpaired) electrons. The van der Waals surface area contributed by atoms with Crippen molar-refractivity contribution in [2.45, 2.75) is 25.6 Å². The Bertz CT molecular complexity index is 292. The van der Waals surface area contributed by atoms with Crippen LogP contribution in [-0.2, 0) is 12.6 Å². The average Bonchev–Trinajstić information content (AvgIpc) is 2.02. The van der Waals surface area contributed by atoms with E-state index < -0.39 is 17.8 Å². The zero-order chi connectivity index (χ0) is 10.8. The van der Waals surface area contributed by atoms with Gasteiger partial charge in [-0.25, -0.2) is 0 Å². The van der Waals surface area contributed by atoms with Gasteiger partial charge in [0, 0.05) is 18.3 Å². The third kappa shape index (κ3) is 2.99. The molecular weight excluding hydrogens is 195 g/mol. The van der Waals surface area contributed by atoms with Crippen LogP contribution in [0, 0.1) is 0 Å². The maximum absolute atomic E-state index is 12.1. The molecule has 0 aliphatic carbocycles. The minimum Gasteiger partial charge on any atom is -0.393 e. The quantitative estimate of drug-likeness (QED) is 0.801. The Labute approximate surface area is 79.4 Å². The number of nitrogens with zero attached hydrogens (tertiary/aromatic N) is 1. The second-order valence-corrected chi connectivity index (χ2v) is 3.09. The molecule has 14 heavy (non-hydrogen) atoms. The first kappa shape index (κ1) is 11.0. The first-order valence-corrected chi connectivity index (χ1v) is 4.10. The highest BCUT2D eigenvalue weighted by Crippen LogP contribution is 2.28. The molecule has 0 unspecified atom stereocenters. The molecule has 1 N–H and O–H groups in total. The second-order valence-electron chi connectivity index (χ2n) is 3.09. The summed E-state index contributed by atoms with van der Waals surface area (Å²) in [4.78, 5) is 3.61. The molecule has 0 saturated heterocycles. The van der Waals surface area contributed by atoms with E-state index in [-0.39, 0.29) is 6.42 Å². The van der Waals surface area contributed by atoms with Crippen LogP contribution in [-0.4, -0.2) is 16.2 Å². The number of hydrogen-bond acceptors (Lipinski definition) is 2. The summed E-state index contributed by atoms with van der Waals surface area (Å²) in [6.07, 6.45) is -3.91. The second kappa shape index (κ2) is 3.96. The minimum atomic E-state index is -4.35. The largest absolute Gasteiger partial charge is 0.417 e. The predicted octanol–water partition coefficient (Wildman–Crippen LogP) is 2.02. The summed E-state index contributed by atoms with van der Waals surface area (Å²) in [6.45, 7) is 1.55. The van der Waals surface area contributed by atoms with Gasteiger partial charge in [0.15, 0.2) is 0 Å². The molecule has 0 spiro atoms. The highest BCUT2D eigenvalue weighted by Gasteiger charge is 2.30. The number of aromatic nitrogens is 1. The van der Waals surface area contributed by atoms with E-state index in [2.05, 4.69) is 4.98 Å². The Hall–Kier alpha value is -1.10. The molecule has 1 heterocycles. The smallest absolute Gasteiger partial charge is 0.393 e. The predicted molar refractivity (Wildman–Crippen MR) is 44.6 cm³/mol. The SMILES string of the molecule is C[C@@H](O)Cc1ccc(C(F)(F)F)cn1. The van der Waals surface area contributed by atoms with Gasteiger partial charge in [0.2, 0.25) is 0 Å². The van der Waals surface area contributed by atoms with Crippen molar-refractivity contribution in [2.24, 2.45) is 0 Å². The molecule has 1 aromatic rings. The van der Waals surface area contributed by atoms with Crippen molar-refractivity contribution in [3.05, 3.63) is 29.6 Å². The highest BCUT2D eigenvalue weighted by molar-refractivity contribution is 5.17. The first-order chi connectivity index (χ1) is 6.39. The molecule has 0 aromatic carbocycles. The van der Waals surface area contributed by atoms with Crippen LogP contribution in [0.1, 0.15) is 18.2 Å². The summed E-state index contributed by atoms with van der Waals surface area (Å²) in [7, 11) is 0. The summed E-state index contributed by atoms with van der Waals surface area (Å²) in [6, 6.07) is 2.24. The summed E-state index contributed by atoms with van der Waals surface area (Å²) in [5.41, 5.74) is -0.320. The van der Waals surface area contributed by atoms with Crippen LogP contribution in [0.5, 0.6) is 0 Å². The molecule has 2 nitrogen and oxygen atoms in total. The van der Waals surface area contributed by atoms with Gasteiger partial charge < -0.3 is 5.11 Å². The van der Waals surface area contributed by atoms with E-state index in [9.17, 15) is 13.2 Å². The topological polar surface area (TPSA) is 33.1 Å². The fourth-order valence-electron chi connectivity index (χ4n) is 1.02. The number of alkyl halides is 3. The Morgan fingerprint density at radius 2 is 2.07 bits per heavy atom. The van der Waals surface area contributed by atoms with Crippen LogP contribution in [0.15, 0.2) is 18.3 Å². The molecule has 1 aromatic heterocycles. The van der Waals surface area contributed by atoms with E-state index >= 15 is 0 Å². The molecule has 78 valence electrons. The normalized spacial score (nSPS) is 14.1. The van der Waals surface area contributed by atoms with Gasteiger partial charge in [-0.15, -0.1) is 0 Å². The van der Waals surface area contributed by atoms with Crippen LogP contribution >= 0.6 is 0 Å². The van der Waals surface area contributed by atoms with Gasteiger partial charge >= 0.3 is 6.18 Å². The van der Waals surface area contributed by atoms with E-state index in [1.165, 1.54) is 6.07 Å². The van der Waals surface area contributed by atoms with Crippen molar-refractivity contribution in [2.75, 3.05) is 0 Å². The lowest BCUT2D eigenvalue weighted by molar-refractivity contribution is -0.137. The molecule has 0 aliphatic rings. The van der Waals surface area contributed by atoms with E-state index in [4.69, 9.17) is 5.11 Å². The molecule has 0 fully saturated rings. The summed E-state index contributed by atoms with van der Waals surface area (Å²) in [5.74, 6) is 0. The minimum absolute atomic E-state index is 0.262. The molecule has 5 heteroatoms. The van der Waals surface area contributed by atoms with E-state index in [0.29, 0.717) is 5.69 Å². The van der Waals surface area contributed by atoms with Gasteiger partial charge in [-0.3, -0.25) is 4.98 Å². The lowest BCUT2D eigenvalue weighted by atomic mass is 10.2. The van der Waals surface area contributed by atoms with E-state index in [1.807, 2.05) is 0 Å². The number of rotatable bonds is 2. The van der Waals surface area contributed by atoms with Gasteiger partial charge in [-0.1, -0.05) is 0 Å². The summed E-state index contributed by atoms with van der Waals surface area (Å²) >= 11 is 0. The number of hydrogen-bond donors (Lipinski definition) is 1. The maximum Gasteiger partial charge on any atom is 0.417 e. The summed E-state index contributed by atoms with van der Waals surface area (Å²) in [5, 5.41) is 8.97. The molecule has 0 saturated carbocycles. The third-order valence-electron chi connectivity index (χ3n) is 1.66. The first-order valence-electron chi connectivity index (χ1n) is 4.10. The fourth-order valence-corrected chi connectivity index (χ4v) is 1.02. The number of halogens is 3. The monoisotopic (exact) mass is 205 g/mol. The lowest BCUT2D eigenvalue weighted by Crippen LogP contribution is -2.09. The Balaban J connectivity index is 2.79. The molecular formula is C9H10F3NO. The standard InChI is InChI=1S/C9H10F3NO/c1-6(14)4-8-3-2-7(5-13-8)9(10,11)12/h2-3,5-6,14H,4H2,1H3/t6-/m1/s1. The molecule has 1 atom stereocenters. The van der Waals surface area contributed by atoms with Crippen molar-refractivity contribution in [3.8, 4) is 0 Å². The van der Waals surface area contributed by atoms with Gasteiger partial charge in [-0.2, -0.15) is 13.2 Å². The van der Waals surface area contributed by atoms with Gasteiger partial charge in [0.1, 0.15) is 0 Å². The van der Waals surface area contributed by atoms with Crippen molar-refractivity contribution < 1.29 is 18.3 Å². The zero-order valence-electron chi connectivity index (χ0n) is 7.54. The Morgan fingerprint density at radius 3 is 2.43 bits per heavy atom. The lowest BCUT2D eigenvalue weighted by Gasteiger charge is -2.07. The fraction of sp³-hybridized carbons (Fsp3) is 0.444. The van der Waals surface area contributed by atoms with Gasteiger partial charge in [0.05, 0.1) is 11.7 Å². The Morgan fingerprint density at radius 1 is 1.43 bits per heavy atom. The zero-order valence-corrected chi connectivity index (χ0v) is 7.54.